The quantitative estimate of drug-likeness (QED) is 0.855. The molecule has 28 heavy (non-hydrogen) atoms. The van der Waals surface area contributed by atoms with Crippen LogP contribution in [0.4, 0.5) is 14.5 Å². The number of nitrogens with zero attached hydrogens (tertiary/aromatic N) is 1. The average Bonchev–Trinajstić information content (AvgIpc) is 3.14. The van der Waals surface area contributed by atoms with Crippen LogP contribution >= 0.6 is 0 Å². The summed E-state index contributed by atoms with van der Waals surface area (Å²) in [7, 11) is 0. The summed E-state index contributed by atoms with van der Waals surface area (Å²) in [6.07, 6.45) is 0.213. The van der Waals surface area contributed by atoms with Crippen molar-refractivity contribution < 1.29 is 23.0 Å². The van der Waals surface area contributed by atoms with E-state index in [4.69, 9.17) is 9.47 Å². The number of nitrogens with one attached hydrogen (secondary N) is 1. The molecular formula is C21H22F2N2O3. The topological polar surface area (TPSA) is 50.8 Å². The summed E-state index contributed by atoms with van der Waals surface area (Å²) in [5.41, 5.74) is 3.24. The fourth-order valence-electron chi connectivity index (χ4n) is 3.64. The zero-order chi connectivity index (χ0) is 19.5. The largest absolute Gasteiger partial charge is 0.378 e. The molecule has 0 unspecified atom stereocenters. The second kappa shape index (κ2) is 8.34. The smallest absolute Gasteiger partial charge is 0.226 e. The number of hydrogen-bond acceptors (Lipinski definition) is 4. The lowest BCUT2D eigenvalue weighted by atomic mass is 10.1. The van der Waals surface area contributed by atoms with E-state index < -0.39 is 11.6 Å². The highest BCUT2D eigenvalue weighted by Crippen LogP contribution is 2.24. The molecule has 148 valence electrons. The number of rotatable bonds is 5. The third kappa shape index (κ3) is 4.38. The number of fused-ring (bicyclic) bond motifs is 1. The van der Waals surface area contributed by atoms with Gasteiger partial charge in [-0.2, -0.15) is 0 Å². The summed E-state index contributed by atoms with van der Waals surface area (Å²) >= 11 is 0. The van der Waals surface area contributed by atoms with Gasteiger partial charge in [-0.15, -0.1) is 0 Å². The van der Waals surface area contributed by atoms with Gasteiger partial charge in [0.2, 0.25) is 5.91 Å². The molecule has 2 aromatic carbocycles. The predicted octanol–water partition coefficient (Wildman–Crippen LogP) is 3.22. The van der Waals surface area contributed by atoms with Crippen LogP contribution in [0.5, 0.6) is 0 Å². The number of morpholine rings is 1. The van der Waals surface area contributed by atoms with Gasteiger partial charge in [0.15, 0.2) is 0 Å². The Morgan fingerprint density at radius 2 is 1.96 bits per heavy atom. The number of hydrogen-bond donors (Lipinski definition) is 1. The van der Waals surface area contributed by atoms with E-state index in [1.54, 1.807) is 0 Å². The summed E-state index contributed by atoms with van der Waals surface area (Å²) < 4.78 is 38.4. The van der Waals surface area contributed by atoms with Gasteiger partial charge in [0.1, 0.15) is 11.6 Å². The average molecular weight is 388 g/mol. The fraction of sp³-hybridized carbons (Fsp3) is 0.381. The Morgan fingerprint density at radius 3 is 2.86 bits per heavy atom. The van der Waals surface area contributed by atoms with Crippen LogP contribution in [0, 0.1) is 11.6 Å². The molecule has 5 nitrogen and oxygen atoms in total. The highest BCUT2D eigenvalue weighted by atomic mass is 19.1. The SMILES string of the molecule is O=C(C[C@H]1COCCN1Cc1cc(F)ccc1F)Nc1ccc2c(c1)COC2. The van der Waals surface area contributed by atoms with E-state index in [9.17, 15) is 13.6 Å². The molecular weight excluding hydrogens is 366 g/mol. The summed E-state index contributed by atoms with van der Waals surface area (Å²) in [5.74, 6) is -1.06. The van der Waals surface area contributed by atoms with Crippen molar-refractivity contribution in [3.63, 3.8) is 0 Å². The Hall–Kier alpha value is -2.35. The number of carbonyl (C=O) groups is 1. The molecule has 0 radical (unpaired) electrons. The summed E-state index contributed by atoms with van der Waals surface area (Å²) in [6.45, 7) is 2.84. The lowest BCUT2D eigenvalue weighted by Gasteiger charge is -2.35. The molecule has 1 fully saturated rings. The minimum Gasteiger partial charge on any atom is -0.378 e. The van der Waals surface area contributed by atoms with E-state index in [1.165, 1.54) is 6.07 Å². The first-order valence-corrected chi connectivity index (χ1v) is 9.33. The first kappa shape index (κ1) is 19.0. The minimum atomic E-state index is -0.473. The fourth-order valence-corrected chi connectivity index (χ4v) is 3.64. The molecule has 1 saturated heterocycles. The van der Waals surface area contributed by atoms with Crippen molar-refractivity contribution in [2.24, 2.45) is 0 Å². The van der Waals surface area contributed by atoms with Crippen LogP contribution in [0.25, 0.3) is 0 Å². The number of amides is 1. The van der Waals surface area contributed by atoms with Crippen molar-refractivity contribution in [3.05, 3.63) is 64.7 Å². The monoisotopic (exact) mass is 388 g/mol. The van der Waals surface area contributed by atoms with Gasteiger partial charge in [-0.05, 0) is 41.5 Å². The van der Waals surface area contributed by atoms with Gasteiger partial charge in [-0.3, -0.25) is 9.69 Å². The number of carbonyl (C=O) groups excluding carboxylic acids is 1. The molecule has 4 rings (SSSR count). The van der Waals surface area contributed by atoms with Gasteiger partial charge in [0.05, 0.1) is 26.4 Å². The zero-order valence-electron chi connectivity index (χ0n) is 15.4. The van der Waals surface area contributed by atoms with Gasteiger partial charge >= 0.3 is 0 Å². The first-order chi connectivity index (χ1) is 13.6. The lowest BCUT2D eigenvalue weighted by molar-refractivity contribution is -0.119. The third-order valence-electron chi connectivity index (χ3n) is 5.16. The molecule has 2 aromatic rings. The van der Waals surface area contributed by atoms with Crippen LogP contribution in [0.15, 0.2) is 36.4 Å². The van der Waals surface area contributed by atoms with Gasteiger partial charge in [-0.25, -0.2) is 8.78 Å². The van der Waals surface area contributed by atoms with Crippen LogP contribution in [0.3, 0.4) is 0 Å². The molecule has 7 heteroatoms. The predicted molar refractivity (Wildman–Crippen MR) is 99.6 cm³/mol. The second-order valence-electron chi connectivity index (χ2n) is 7.16. The van der Waals surface area contributed by atoms with Gasteiger partial charge in [0, 0.05) is 36.8 Å². The summed E-state index contributed by atoms with van der Waals surface area (Å²) in [6, 6.07) is 8.99. The summed E-state index contributed by atoms with van der Waals surface area (Å²) in [4.78, 5) is 14.5. The highest BCUT2D eigenvalue weighted by molar-refractivity contribution is 5.91. The third-order valence-corrected chi connectivity index (χ3v) is 5.16. The van der Waals surface area contributed by atoms with Crippen molar-refractivity contribution in [1.29, 1.82) is 0 Å². The number of anilines is 1. The zero-order valence-corrected chi connectivity index (χ0v) is 15.4. The van der Waals surface area contributed by atoms with Crippen molar-refractivity contribution in [2.75, 3.05) is 25.1 Å². The molecule has 0 saturated carbocycles. The maximum atomic E-state index is 14.0. The normalized spacial score (nSPS) is 19.4. The number of halogens is 2. The van der Waals surface area contributed by atoms with Crippen LogP contribution in [-0.4, -0.2) is 36.6 Å². The molecule has 0 aromatic heterocycles. The molecule has 0 bridgehead atoms. The van der Waals surface area contributed by atoms with E-state index in [0.717, 1.165) is 28.9 Å². The molecule has 2 aliphatic rings. The minimum absolute atomic E-state index is 0.140. The highest BCUT2D eigenvalue weighted by Gasteiger charge is 2.26. The molecule has 0 aliphatic carbocycles. The van der Waals surface area contributed by atoms with Crippen LogP contribution in [0.2, 0.25) is 0 Å². The molecule has 2 aliphatic heterocycles. The Balaban J connectivity index is 1.40. The first-order valence-electron chi connectivity index (χ1n) is 9.33. The molecule has 1 amide bonds. The Labute approximate surface area is 162 Å². The van der Waals surface area contributed by atoms with Crippen molar-refractivity contribution >= 4 is 11.6 Å². The molecule has 1 atom stereocenters. The van der Waals surface area contributed by atoms with E-state index in [0.29, 0.717) is 33.0 Å². The Morgan fingerprint density at radius 1 is 1.11 bits per heavy atom. The Bertz CT molecular complexity index is 875. The van der Waals surface area contributed by atoms with E-state index in [1.807, 2.05) is 23.1 Å². The second-order valence-corrected chi connectivity index (χ2v) is 7.16. The molecule has 0 spiro atoms. The van der Waals surface area contributed by atoms with Crippen LogP contribution in [0.1, 0.15) is 23.1 Å². The molecule has 1 N–H and O–H groups in total. The van der Waals surface area contributed by atoms with E-state index in [2.05, 4.69) is 5.32 Å². The standard InChI is InChI=1S/C21H22F2N2O3/c22-17-2-4-20(23)15(7-17)10-25-5-6-27-13-19(25)9-21(26)24-18-3-1-14-11-28-12-16(14)8-18/h1-4,7-8,19H,5-6,9-13H2,(H,24,26)/t19-/m0/s1. The molecule has 2 heterocycles. The van der Waals surface area contributed by atoms with E-state index in [-0.39, 0.29) is 30.5 Å². The van der Waals surface area contributed by atoms with Gasteiger partial charge in [0.25, 0.3) is 0 Å². The van der Waals surface area contributed by atoms with Gasteiger partial charge in [-0.1, -0.05) is 6.07 Å². The maximum absolute atomic E-state index is 14.0. The van der Waals surface area contributed by atoms with Gasteiger partial charge < -0.3 is 14.8 Å². The number of ether oxygens (including phenoxy) is 2. The van der Waals surface area contributed by atoms with E-state index >= 15 is 0 Å². The lowest BCUT2D eigenvalue weighted by Crippen LogP contribution is -2.46. The van der Waals surface area contributed by atoms with Crippen molar-refractivity contribution in [1.82, 2.24) is 4.90 Å². The van der Waals surface area contributed by atoms with Crippen molar-refractivity contribution in [3.8, 4) is 0 Å². The number of benzene rings is 2. The Kier molecular flexibility index (Phi) is 5.66. The maximum Gasteiger partial charge on any atom is 0.226 e. The summed E-state index contributed by atoms with van der Waals surface area (Å²) in [5, 5.41) is 2.91. The van der Waals surface area contributed by atoms with Crippen molar-refractivity contribution in [2.45, 2.75) is 32.2 Å². The van der Waals surface area contributed by atoms with Crippen LogP contribution in [-0.2, 0) is 34.0 Å². The van der Waals surface area contributed by atoms with Crippen LogP contribution < -0.4 is 5.32 Å².